The average molecular weight is 387 g/mol. The first-order chi connectivity index (χ1) is 13.6. The molecule has 28 heavy (non-hydrogen) atoms. The highest BCUT2D eigenvalue weighted by molar-refractivity contribution is 5.68. The molecule has 0 bridgehead atoms. The van der Waals surface area contributed by atoms with E-state index in [-0.39, 0.29) is 0 Å². The Labute approximate surface area is 166 Å². The van der Waals surface area contributed by atoms with Gasteiger partial charge in [-0.05, 0) is 31.6 Å². The normalized spacial score (nSPS) is 16.5. The molecular weight excluding hydrogens is 358 g/mol. The van der Waals surface area contributed by atoms with Gasteiger partial charge in [0.2, 0.25) is 11.7 Å². The molecule has 1 unspecified atom stereocenters. The lowest BCUT2D eigenvalue weighted by Gasteiger charge is -2.26. The molecule has 1 aliphatic heterocycles. The van der Waals surface area contributed by atoms with Crippen molar-refractivity contribution in [3.05, 3.63) is 18.3 Å². The van der Waals surface area contributed by atoms with E-state index in [1.54, 1.807) is 27.5 Å². The Morgan fingerprint density at radius 2 is 1.75 bits per heavy atom. The van der Waals surface area contributed by atoms with Crippen molar-refractivity contribution in [2.45, 2.75) is 26.3 Å². The van der Waals surface area contributed by atoms with Crippen molar-refractivity contribution in [1.29, 1.82) is 0 Å². The summed E-state index contributed by atoms with van der Waals surface area (Å²) in [4.78, 5) is 9.45. The fourth-order valence-corrected chi connectivity index (χ4v) is 3.76. The third kappa shape index (κ3) is 3.96. The molecule has 152 valence electrons. The van der Waals surface area contributed by atoms with Crippen LogP contribution in [0, 0.1) is 0 Å². The molecular formula is C20H29N5O3. The van der Waals surface area contributed by atoms with E-state index < -0.39 is 0 Å². The molecule has 8 nitrogen and oxygen atoms in total. The minimum absolute atomic E-state index is 0.531. The smallest absolute Gasteiger partial charge is 0.245 e. The molecule has 0 spiro atoms. The summed E-state index contributed by atoms with van der Waals surface area (Å²) in [7, 11) is 4.79. The van der Waals surface area contributed by atoms with E-state index in [1.807, 2.05) is 12.1 Å². The summed E-state index contributed by atoms with van der Waals surface area (Å²) in [5.74, 6) is 2.37. The summed E-state index contributed by atoms with van der Waals surface area (Å²) >= 11 is 0. The van der Waals surface area contributed by atoms with Gasteiger partial charge in [-0.1, -0.05) is 13.8 Å². The number of hydrogen-bond donors (Lipinski definition) is 0. The van der Waals surface area contributed by atoms with Crippen LogP contribution in [0.15, 0.2) is 18.3 Å². The van der Waals surface area contributed by atoms with Crippen molar-refractivity contribution in [3.8, 4) is 28.5 Å². The molecule has 0 aliphatic carbocycles. The summed E-state index contributed by atoms with van der Waals surface area (Å²) < 4.78 is 16.3. The predicted octanol–water partition coefficient (Wildman–Crippen LogP) is 2.48. The zero-order valence-corrected chi connectivity index (χ0v) is 17.3. The predicted molar refractivity (Wildman–Crippen MR) is 108 cm³/mol. The first-order valence-electron chi connectivity index (χ1n) is 9.64. The lowest BCUT2D eigenvalue weighted by Crippen LogP contribution is -2.37. The Morgan fingerprint density at radius 3 is 2.32 bits per heavy atom. The highest BCUT2D eigenvalue weighted by atomic mass is 16.5. The molecule has 1 aromatic carbocycles. The zero-order valence-electron chi connectivity index (χ0n) is 17.3. The van der Waals surface area contributed by atoms with E-state index in [4.69, 9.17) is 19.2 Å². The Hall–Kier alpha value is -2.61. The topological polar surface area (TPSA) is 72.8 Å². The standard InChI is InChI=1S/C20H29N5O3/c1-6-24(7-2)15-8-9-25(13-15)20-22-16(12-21-23-20)14-10-17(26-3)19(28-5)18(11-14)27-4/h10-12,15H,6-9,13H2,1-5H3. The fraction of sp³-hybridized carbons (Fsp3) is 0.550. The van der Waals surface area contributed by atoms with Crippen LogP contribution in [0.1, 0.15) is 20.3 Å². The van der Waals surface area contributed by atoms with Crippen molar-refractivity contribution in [1.82, 2.24) is 20.1 Å². The van der Waals surface area contributed by atoms with Crippen LogP contribution >= 0.6 is 0 Å². The van der Waals surface area contributed by atoms with Crippen LogP contribution in [0.5, 0.6) is 17.2 Å². The molecule has 0 N–H and O–H groups in total. The number of anilines is 1. The Bertz CT molecular complexity index is 772. The maximum absolute atomic E-state index is 5.45. The molecule has 1 aromatic heterocycles. The molecule has 1 aliphatic rings. The second-order valence-corrected chi connectivity index (χ2v) is 6.67. The Morgan fingerprint density at radius 1 is 1.07 bits per heavy atom. The van der Waals surface area contributed by atoms with Crippen LogP contribution in [0.4, 0.5) is 5.95 Å². The Kier molecular flexibility index (Phi) is 6.51. The maximum Gasteiger partial charge on any atom is 0.245 e. The fourth-order valence-electron chi connectivity index (χ4n) is 3.76. The number of hydrogen-bond acceptors (Lipinski definition) is 8. The molecule has 0 saturated carbocycles. The number of aromatic nitrogens is 3. The lowest BCUT2D eigenvalue weighted by molar-refractivity contribution is 0.232. The van der Waals surface area contributed by atoms with E-state index in [9.17, 15) is 0 Å². The minimum atomic E-state index is 0.531. The van der Waals surface area contributed by atoms with Gasteiger partial charge >= 0.3 is 0 Å². The van der Waals surface area contributed by atoms with Gasteiger partial charge in [0.25, 0.3) is 0 Å². The van der Waals surface area contributed by atoms with Gasteiger partial charge in [-0.2, -0.15) is 5.10 Å². The van der Waals surface area contributed by atoms with E-state index in [0.717, 1.165) is 43.9 Å². The SMILES string of the molecule is CCN(CC)C1CCN(c2nncc(-c3cc(OC)c(OC)c(OC)c3)n2)C1. The van der Waals surface area contributed by atoms with Crippen molar-refractivity contribution in [3.63, 3.8) is 0 Å². The number of methoxy groups -OCH3 is 3. The molecule has 3 rings (SSSR count). The van der Waals surface area contributed by atoms with E-state index in [0.29, 0.717) is 29.2 Å². The van der Waals surface area contributed by atoms with Crippen LogP contribution < -0.4 is 19.1 Å². The van der Waals surface area contributed by atoms with Crippen molar-refractivity contribution in [2.75, 3.05) is 52.4 Å². The summed E-state index contributed by atoms with van der Waals surface area (Å²) in [5, 5.41) is 8.46. The van der Waals surface area contributed by atoms with Crippen LogP contribution in [-0.2, 0) is 0 Å². The third-order valence-corrected chi connectivity index (χ3v) is 5.28. The zero-order chi connectivity index (χ0) is 20.1. The number of likely N-dealkylation sites (N-methyl/N-ethyl adjacent to an activating group) is 1. The van der Waals surface area contributed by atoms with Gasteiger partial charge in [-0.3, -0.25) is 4.90 Å². The van der Waals surface area contributed by atoms with Crippen molar-refractivity contribution < 1.29 is 14.2 Å². The second kappa shape index (κ2) is 9.05. The number of ether oxygens (including phenoxy) is 3. The second-order valence-electron chi connectivity index (χ2n) is 6.67. The summed E-state index contributed by atoms with van der Waals surface area (Å²) in [6, 6.07) is 4.28. The Balaban J connectivity index is 1.88. The molecule has 1 fully saturated rings. The monoisotopic (exact) mass is 387 g/mol. The van der Waals surface area contributed by atoms with Gasteiger partial charge in [0.15, 0.2) is 11.5 Å². The number of benzene rings is 1. The minimum Gasteiger partial charge on any atom is -0.493 e. The van der Waals surface area contributed by atoms with Gasteiger partial charge in [0, 0.05) is 24.7 Å². The molecule has 1 atom stereocenters. The molecule has 0 radical (unpaired) electrons. The van der Waals surface area contributed by atoms with Crippen LogP contribution in [0.25, 0.3) is 11.3 Å². The summed E-state index contributed by atoms with van der Waals surface area (Å²) in [6.07, 6.45) is 2.77. The third-order valence-electron chi connectivity index (χ3n) is 5.28. The average Bonchev–Trinajstić information content (AvgIpc) is 3.23. The van der Waals surface area contributed by atoms with Crippen LogP contribution in [-0.4, -0.2) is 73.6 Å². The maximum atomic E-state index is 5.45. The number of rotatable bonds is 8. The number of nitrogens with zero attached hydrogens (tertiary/aromatic N) is 5. The first-order valence-corrected chi connectivity index (χ1v) is 9.64. The van der Waals surface area contributed by atoms with Gasteiger partial charge in [-0.25, -0.2) is 4.98 Å². The summed E-state index contributed by atoms with van der Waals surface area (Å²) in [6.45, 7) is 8.37. The van der Waals surface area contributed by atoms with Gasteiger partial charge in [0.1, 0.15) is 0 Å². The summed E-state index contributed by atoms with van der Waals surface area (Å²) in [5.41, 5.74) is 1.56. The van der Waals surface area contributed by atoms with Crippen LogP contribution in [0.3, 0.4) is 0 Å². The first kappa shape index (κ1) is 20.1. The molecule has 0 amide bonds. The van der Waals surface area contributed by atoms with Crippen molar-refractivity contribution in [2.24, 2.45) is 0 Å². The van der Waals surface area contributed by atoms with Crippen molar-refractivity contribution >= 4 is 5.95 Å². The quantitative estimate of drug-likeness (QED) is 0.684. The van der Waals surface area contributed by atoms with Gasteiger partial charge < -0.3 is 19.1 Å². The van der Waals surface area contributed by atoms with E-state index >= 15 is 0 Å². The molecule has 8 heteroatoms. The molecule has 2 aromatic rings. The lowest BCUT2D eigenvalue weighted by atomic mass is 10.1. The van der Waals surface area contributed by atoms with Gasteiger partial charge in [-0.15, -0.1) is 5.10 Å². The largest absolute Gasteiger partial charge is 0.493 e. The molecule has 2 heterocycles. The van der Waals surface area contributed by atoms with E-state index in [2.05, 4.69) is 33.8 Å². The van der Waals surface area contributed by atoms with Crippen LogP contribution in [0.2, 0.25) is 0 Å². The van der Waals surface area contributed by atoms with Gasteiger partial charge in [0.05, 0.1) is 33.2 Å². The molecule has 1 saturated heterocycles. The van der Waals surface area contributed by atoms with E-state index in [1.165, 1.54) is 0 Å². The highest BCUT2D eigenvalue weighted by Crippen LogP contribution is 2.40. The highest BCUT2D eigenvalue weighted by Gasteiger charge is 2.28.